The zero-order chi connectivity index (χ0) is 33.9. The van der Waals surface area contributed by atoms with Crippen molar-refractivity contribution in [3.05, 3.63) is 70.5 Å². The molecule has 2 aromatic rings. The number of aliphatic hydroxyl groups is 1. The first-order valence-electron chi connectivity index (χ1n) is 13.4. The summed E-state index contributed by atoms with van der Waals surface area (Å²) in [6.07, 6.45) is -11.3. The maximum atomic E-state index is 13.2. The summed E-state index contributed by atoms with van der Waals surface area (Å²) in [6, 6.07) is 6.06. The van der Waals surface area contributed by atoms with E-state index < -0.39 is 53.9 Å². The van der Waals surface area contributed by atoms with Crippen LogP contribution in [-0.2, 0) is 33.2 Å². The van der Waals surface area contributed by atoms with Crippen LogP contribution in [0.15, 0.2) is 42.5 Å². The molecule has 45 heavy (non-hydrogen) atoms. The standard InChI is InChI=1S/C19H27FN4O5.C9H6F6O/c1-3-28-19(26)29-13(2)10-24(18(22)25)17(21)11-23-8-9-27-12-16(23)14-4-6-15(20)7-5-14;10-8(11,12)6-1-5(4-16)2-7(3-6)9(13,14)15/h4-7,13,16,21H,3,8-12H2,1-2H3,(H2,22,25);1-3,16H,4H2/t13?,16-;/m1./s1. The number of halogens is 7. The molecule has 0 radical (unpaired) electrons. The molecule has 17 heteroatoms. The average Bonchev–Trinajstić information content (AvgIpc) is 2.95. The number of amides is 2. The molecule has 1 unspecified atom stereocenters. The van der Waals surface area contributed by atoms with Crippen molar-refractivity contribution in [3.63, 3.8) is 0 Å². The number of primary amides is 1. The summed E-state index contributed by atoms with van der Waals surface area (Å²) in [4.78, 5) is 26.3. The molecule has 4 N–H and O–H groups in total. The molecule has 2 aromatic carbocycles. The molecule has 1 heterocycles. The van der Waals surface area contributed by atoms with Gasteiger partial charge in [-0.15, -0.1) is 0 Å². The molecule has 1 saturated heterocycles. The predicted molar refractivity (Wildman–Crippen MR) is 145 cm³/mol. The van der Waals surface area contributed by atoms with Crippen molar-refractivity contribution in [3.8, 4) is 0 Å². The van der Waals surface area contributed by atoms with E-state index in [1.807, 2.05) is 4.90 Å². The molecule has 1 aliphatic heterocycles. The van der Waals surface area contributed by atoms with Gasteiger partial charge in [-0.3, -0.25) is 15.2 Å². The van der Waals surface area contributed by atoms with Crippen molar-refractivity contribution in [2.45, 2.75) is 45.0 Å². The number of aliphatic hydroxyl groups excluding tert-OH is 1. The van der Waals surface area contributed by atoms with Crippen molar-refractivity contribution >= 4 is 18.0 Å². The number of carbonyl (C=O) groups excluding carboxylic acids is 2. The number of nitrogens with one attached hydrogen (secondary N) is 1. The normalized spacial score (nSPS) is 16.2. The van der Waals surface area contributed by atoms with Gasteiger partial charge in [0.2, 0.25) is 0 Å². The van der Waals surface area contributed by atoms with E-state index >= 15 is 0 Å². The molecule has 2 amide bonds. The Balaban J connectivity index is 0.000000372. The summed E-state index contributed by atoms with van der Waals surface area (Å²) in [5, 5.41) is 17.0. The molecule has 0 saturated carbocycles. The van der Waals surface area contributed by atoms with Crippen LogP contribution in [0.4, 0.5) is 40.3 Å². The highest BCUT2D eigenvalue weighted by Gasteiger charge is 2.37. The number of alkyl halides is 6. The lowest BCUT2D eigenvalue weighted by atomic mass is 10.0. The number of carbonyl (C=O) groups is 2. The fourth-order valence-electron chi connectivity index (χ4n) is 4.15. The van der Waals surface area contributed by atoms with Gasteiger partial charge in [-0.05, 0) is 55.3 Å². The predicted octanol–water partition coefficient (Wildman–Crippen LogP) is 5.34. The van der Waals surface area contributed by atoms with Crippen LogP contribution in [0.25, 0.3) is 0 Å². The van der Waals surface area contributed by atoms with E-state index in [0.717, 1.165) is 10.5 Å². The first-order valence-corrected chi connectivity index (χ1v) is 13.4. The lowest BCUT2D eigenvalue weighted by Crippen LogP contribution is -2.51. The van der Waals surface area contributed by atoms with E-state index in [1.165, 1.54) is 12.1 Å². The van der Waals surface area contributed by atoms with Gasteiger partial charge in [0, 0.05) is 6.54 Å². The Morgan fingerprint density at radius 3 is 2.18 bits per heavy atom. The lowest BCUT2D eigenvalue weighted by molar-refractivity contribution is -0.143. The molecular formula is C28H33F7N4O6. The average molecular weight is 655 g/mol. The Labute approximate surface area is 253 Å². The number of hydrogen-bond acceptors (Lipinski definition) is 8. The summed E-state index contributed by atoms with van der Waals surface area (Å²) >= 11 is 0. The highest BCUT2D eigenvalue weighted by Crippen LogP contribution is 2.36. The Kier molecular flexibility index (Phi) is 13.6. The molecule has 2 atom stereocenters. The first-order chi connectivity index (χ1) is 21.0. The third kappa shape index (κ3) is 11.8. The molecular weight excluding hydrogens is 621 g/mol. The number of ether oxygens (including phenoxy) is 3. The number of morpholine rings is 1. The third-order valence-electron chi connectivity index (χ3n) is 6.27. The maximum absolute atomic E-state index is 13.2. The van der Waals surface area contributed by atoms with Crippen LogP contribution in [0.5, 0.6) is 0 Å². The molecule has 0 aliphatic carbocycles. The van der Waals surface area contributed by atoms with E-state index in [2.05, 4.69) is 0 Å². The van der Waals surface area contributed by atoms with Crippen molar-refractivity contribution in [1.82, 2.24) is 9.80 Å². The smallest absolute Gasteiger partial charge is 0.435 e. The summed E-state index contributed by atoms with van der Waals surface area (Å²) in [5.74, 6) is -0.369. The molecule has 3 rings (SSSR count). The number of benzene rings is 2. The van der Waals surface area contributed by atoms with Crippen molar-refractivity contribution < 1.29 is 59.6 Å². The summed E-state index contributed by atoms with van der Waals surface area (Å²) in [7, 11) is 0. The van der Waals surface area contributed by atoms with Crippen LogP contribution < -0.4 is 5.73 Å². The van der Waals surface area contributed by atoms with E-state index in [9.17, 15) is 40.3 Å². The number of hydrogen-bond donors (Lipinski definition) is 3. The lowest BCUT2D eigenvalue weighted by Gasteiger charge is -2.37. The highest BCUT2D eigenvalue weighted by atomic mass is 19.4. The largest absolute Gasteiger partial charge is 0.508 e. The van der Waals surface area contributed by atoms with Crippen LogP contribution in [0, 0.1) is 11.2 Å². The van der Waals surface area contributed by atoms with E-state index in [1.54, 1.807) is 26.0 Å². The van der Waals surface area contributed by atoms with Crippen LogP contribution in [0.3, 0.4) is 0 Å². The van der Waals surface area contributed by atoms with Crippen molar-refractivity contribution in [1.29, 1.82) is 5.41 Å². The second kappa shape index (κ2) is 16.4. The van der Waals surface area contributed by atoms with E-state index in [4.69, 9.17) is 30.5 Å². The number of urea groups is 1. The Bertz CT molecular complexity index is 1260. The van der Waals surface area contributed by atoms with E-state index in [0.29, 0.717) is 31.9 Å². The number of nitrogens with zero attached hydrogens (tertiary/aromatic N) is 2. The molecule has 1 aliphatic rings. The Morgan fingerprint density at radius 1 is 1.11 bits per heavy atom. The van der Waals surface area contributed by atoms with Gasteiger partial charge in [-0.25, -0.2) is 14.0 Å². The van der Waals surface area contributed by atoms with Gasteiger partial charge in [0.1, 0.15) is 17.8 Å². The van der Waals surface area contributed by atoms with Crippen LogP contribution in [0.1, 0.15) is 42.1 Å². The molecule has 0 aromatic heterocycles. The molecule has 10 nitrogen and oxygen atoms in total. The van der Waals surface area contributed by atoms with Crippen molar-refractivity contribution in [2.24, 2.45) is 5.73 Å². The zero-order valence-electron chi connectivity index (χ0n) is 24.3. The molecule has 0 bridgehead atoms. The van der Waals surface area contributed by atoms with Crippen LogP contribution >= 0.6 is 0 Å². The second-order valence-corrected chi connectivity index (χ2v) is 9.69. The third-order valence-corrected chi connectivity index (χ3v) is 6.27. The quantitative estimate of drug-likeness (QED) is 0.151. The molecule has 0 spiro atoms. The first kappa shape index (κ1) is 37.2. The highest BCUT2D eigenvalue weighted by molar-refractivity contribution is 5.96. The number of amidine groups is 1. The van der Waals surface area contributed by atoms with E-state index in [-0.39, 0.29) is 43.5 Å². The summed E-state index contributed by atoms with van der Waals surface area (Å²) < 4.78 is 102. The fraction of sp³-hybridized carbons (Fsp3) is 0.464. The van der Waals surface area contributed by atoms with Gasteiger partial charge in [-0.2, -0.15) is 26.3 Å². The monoisotopic (exact) mass is 654 g/mol. The minimum Gasteiger partial charge on any atom is -0.435 e. The summed E-state index contributed by atoms with van der Waals surface area (Å²) in [5.41, 5.74) is 3.01. The van der Waals surface area contributed by atoms with Gasteiger partial charge in [0.05, 0.1) is 56.7 Å². The minimum absolute atomic E-state index is 0.0131. The second-order valence-electron chi connectivity index (χ2n) is 9.69. The van der Waals surface area contributed by atoms with Crippen LogP contribution in [0.2, 0.25) is 0 Å². The van der Waals surface area contributed by atoms with Crippen molar-refractivity contribution in [2.75, 3.05) is 39.5 Å². The summed E-state index contributed by atoms with van der Waals surface area (Å²) in [6.45, 7) is 3.97. The van der Waals surface area contributed by atoms with Gasteiger partial charge >= 0.3 is 24.5 Å². The Hall–Kier alpha value is -3.96. The Morgan fingerprint density at radius 2 is 1.69 bits per heavy atom. The van der Waals surface area contributed by atoms with Gasteiger partial charge in [0.25, 0.3) is 0 Å². The fourth-order valence-corrected chi connectivity index (χ4v) is 4.15. The molecule has 1 fully saturated rings. The maximum Gasteiger partial charge on any atom is 0.508 e. The van der Waals surface area contributed by atoms with Gasteiger partial charge < -0.3 is 25.1 Å². The number of rotatable bonds is 8. The topological polar surface area (TPSA) is 138 Å². The van der Waals surface area contributed by atoms with Gasteiger partial charge in [0.15, 0.2) is 0 Å². The van der Waals surface area contributed by atoms with Crippen LogP contribution in [-0.4, -0.2) is 78.5 Å². The number of nitrogens with two attached hydrogens (primary N) is 1. The van der Waals surface area contributed by atoms with Gasteiger partial charge in [-0.1, -0.05) is 12.1 Å². The molecule has 250 valence electrons. The SMILES string of the molecule is CCOC(=O)OC(C)CN(C(=N)CN1CCOC[C@@H]1c1ccc(F)cc1)C(N)=O.OCc1cc(C(F)(F)F)cc(C(F)(F)F)c1. The minimum atomic E-state index is -4.87. The zero-order valence-corrected chi connectivity index (χ0v) is 24.3.